The van der Waals surface area contributed by atoms with Crippen LogP contribution in [0.2, 0.25) is 0 Å². The fourth-order valence-electron chi connectivity index (χ4n) is 2.81. The Morgan fingerprint density at radius 2 is 1.93 bits per heavy atom. The number of carbonyl (C=O) groups is 1. The summed E-state index contributed by atoms with van der Waals surface area (Å²) >= 11 is 0. The van der Waals surface area contributed by atoms with Crippen LogP contribution in [0.25, 0.3) is 0 Å². The number of oxazole rings is 1. The predicted molar refractivity (Wildman–Crippen MR) is 111 cm³/mol. The summed E-state index contributed by atoms with van der Waals surface area (Å²) in [7, 11) is 0. The van der Waals surface area contributed by atoms with E-state index in [0.29, 0.717) is 30.5 Å². The highest BCUT2D eigenvalue weighted by Gasteiger charge is 2.24. The number of nitrogens with zero attached hydrogens (tertiary/aromatic N) is 1. The van der Waals surface area contributed by atoms with Gasteiger partial charge in [-0.05, 0) is 32.3 Å². The Morgan fingerprint density at radius 3 is 2.52 bits per heavy atom. The SMILES string of the molecule is CC(C)[C@H](CO)NCc1cnc([C@H](Cc2ccccc2)NC(=O)OC(C)(C)C)o1. The maximum absolute atomic E-state index is 12.3. The Balaban J connectivity index is 2.11. The number of aliphatic hydroxyl groups is 1. The topological polar surface area (TPSA) is 96.6 Å². The Labute approximate surface area is 172 Å². The summed E-state index contributed by atoms with van der Waals surface area (Å²) in [5.41, 5.74) is 0.454. The molecule has 29 heavy (non-hydrogen) atoms. The number of benzene rings is 1. The minimum atomic E-state index is -0.594. The van der Waals surface area contributed by atoms with Crippen LogP contribution in [0.4, 0.5) is 4.79 Å². The Hall–Kier alpha value is -2.38. The lowest BCUT2D eigenvalue weighted by Crippen LogP contribution is -2.36. The van der Waals surface area contributed by atoms with Gasteiger partial charge in [0.15, 0.2) is 0 Å². The van der Waals surface area contributed by atoms with Gasteiger partial charge in [-0.3, -0.25) is 0 Å². The van der Waals surface area contributed by atoms with Gasteiger partial charge in [0.2, 0.25) is 5.89 Å². The second-order valence-corrected chi connectivity index (χ2v) is 8.47. The van der Waals surface area contributed by atoms with E-state index in [-0.39, 0.29) is 12.6 Å². The first kappa shape index (κ1) is 22.9. The summed E-state index contributed by atoms with van der Waals surface area (Å²) in [5.74, 6) is 1.35. The largest absolute Gasteiger partial charge is 0.444 e. The Morgan fingerprint density at radius 1 is 1.24 bits per heavy atom. The van der Waals surface area contributed by atoms with Gasteiger partial charge in [-0.25, -0.2) is 9.78 Å². The molecule has 2 atom stereocenters. The molecule has 0 bridgehead atoms. The molecule has 1 aromatic carbocycles. The highest BCUT2D eigenvalue weighted by molar-refractivity contribution is 5.68. The van der Waals surface area contributed by atoms with Gasteiger partial charge in [-0.1, -0.05) is 44.2 Å². The molecular weight excluding hydrogens is 370 g/mol. The molecule has 0 aliphatic carbocycles. The van der Waals surface area contributed by atoms with E-state index < -0.39 is 17.7 Å². The lowest BCUT2D eigenvalue weighted by Gasteiger charge is -2.22. The smallest absolute Gasteiger partial charge is 0.408 e. The number of alkyl carbamates (subject to hydrolysis) is 1. The third kappa shape index (κ3) is 7.87. The molecule has 0 spiro atoms. The van der Waals surface area contributed by atoms with Crippen molar-refractivity contribution in [2.45, 2.75) is 65.3 Å². The fraction of sp³-hybridized carbons (Fsp3) is 0.545. The second-order valence-electron chi connectivity index (χ2n) is 8.47. The molecule has 2 aromatic rings. The van der Waals surface area contributed by atoms with Crippen molar-refractivity contribution in [3.8, 4) is 0 Å². The van der Waals surface area contributed by atoms with Gasteiger partial charge in [0.1, 0.15) is 17.4 Å². The molecule has 0 aliphatic heterocycles. The first-order chi connectivity index (χ1) is 13.7. The molecule has 7 heteroatoms. The molecule has 1 amide bonds. The average molecular weight is 404 g/mol. The molecule has 0 aliphatic rings. The van der Waals surface area contributed by atoms with Gasteiger partial charge in [0, 0.05) is 12.5 Å². The van der Waals surface area contributed by atoms with Gasteiger partial charge in [-0.2, -0.15) is 0 Å². The summed E-state index contributed by atoms with van der Waals surface area (Å²) in [6, 6.07) is 9.34. The maximum atomic E-state index is 12.3. The van der Waals surface area contributed by atoms with Gasteiger partial charge in [0.25, 0.3) is 0 Å². The van der Waals surface area contributed by atoms with Crippen molar-refractivity contribution < 1.29 is 19.1 Å². The van der Waals surface area contributed by atoms with Crippen LogP contribution in [0.5, 0.6) is 0 Å². The summed E-state index contributed by atoms with van der Waals surface area (Å²) in [6.07, 6.45) is 1.65. The first-order valence-electron chi connectivity index (χ1n) is 10.00. The Kier molecular flexibility index (Phi) is 8.22. The van der Waals surface area contributed by atoms with E-state index in [4.69, 9.17) is 9.15 Å². The third-order valence-corrected chi connectivity index (χ3v) is 4.38. The molecule has 3 N–H and O–H groups in total. The predicted octanol–water partition coefficient (Wildman–Crippen LogP) is 3.59. The van der Waals surface area contributed by atoms with Crippen LogP contribution in [0.1, 0.15) is 57.9 Å². The summed E-state index contributed by atoms with van der Waals surface area (Å²) in [6.45, 7) is 10.0. The van der Waals surface area contributed by atoms with Crippen LogP contribution in [0.15, 0.2) is 40.9 Å². The van der Waals surface area contributed by atoms with Crippen LogP contribution in [0, 0.1) is 5.92 Å². The van der Waals surface area contributed by atoms with Crippen LogP contribution >= 0.6 is 0 Å². The van der Waals surface area contributed by atoms with E-state index in [1.54, 1.807) is 6.20 Å². The maximum Gasteiger partial charge on any atom is 0.408 e. The van der Waals surface area contributed by atoms with Gasteiger partial charge >= 0.3 is 6.09 Å². The van der Waals surface area contributed by atoms with E-state index in [2.05, 4.69) is 15.6 Å². The van der Waals surface area contributed by atoms with E-state index in [1.807, 2.05) is 65.0 Å². The number of hydrogen-bond donors (Lipinski definition) is 3. The molecule has 7 nitrogen and oxygen atoms in total. The van der Waals surface area contributed by atoms with Crippen molar-refractivity contribution in [3.05, 3.63) is 53.7 Å². The zero-order chi connectivity index (χ0) is 21.4. The summed E-state index contributed by atoms with van der Waals surface area (Å²) < 4.78 is 11.3. The van der Waals surface area contributed by atoms with Crippen molar-refractivity contribution in [3.63, 3.8) is 0 Å². The van der Waals surface area contributed by atoms with Crippen LogP contribution < -0.4 is 10.6 Å². The normalized spacial score (nSPS) is 13.9. The quantitative estimate of drug-likeness (QED) is 0.592. The van der Waals surface area contributed by atoms with Crippen molar-refractivity contribution >= 4 is 6.09 Å². The minimum Gasteiger partial charge on any atom is -0.444 e. The van der Waals surface area contributed by atoms with Crippen molar-refractivity contribution in [1.82, 2.24) is 15.6 Å². The number of nitrogens with one attached hydrogen (secondary N) is 2. The molecular formula is C22H33N3O4. The van der Waals surface area contributed by atoms with Crippen LogP contribution in [-0.4, -0.2) is 34.4 Å². The number of aliphatic hydroxyl groups excluding tert-OH is 1. The van der Waals surface area contributed by atoms with E-state index in [0.717, 1.165) is 5.56 Å². The van der Waals surface area contributed by atoms with E-state index in [9.17, 15) is 9.90 Å². The van der Waals surface area contributed by atoms with E-state index in [1.165, 1.54) is 0 Å². The number of aromatic nitrogens is 1. The van der Waals surface area contributed by atoms with Gasteiger partial charge in [0.05, 0.1) is 19.3 Å². The van der Waals surface area contributed by atoms with Crippen molar-refractivity contribution in [1.29, 1.82) is 0 Å². The van der Waals surface area contributed by atoms with Gasteiger partial charge < -0.3 is 24.9 Å². The molecule has 1 aromatic heterocycles. The van der Waals surface area contributed by atoms with Crippen molar-refractivity contribution in [2.75, 3.05) is 6.61 Å². The van der Waals surface area contributed by atoms with Crippen molar-refractivity contribution in [2.24, 2.45) is 5.92 Å². The van der Waals surface area contributed by atoms with Gasteiger partial charge in [-0.15, -0.1) is 0 Å². The monoisotopic (exact) mass is 403 g/mol. The lowest BCUT2D eigenvalue weighted by atomic mass is 10.1. The van der Waals surface area contributed by atoms with E-state index >= 15 is 0 Å². The molecule has 0 fully saturated rings. The zero-order valence-electron chi connectivity index (χ0n) is 17.9. The standard InChI is InChI=1S/C22H33N3O4/c1-15(2)19(14-26)23-12-17-13-24-20(28-17)18(11-16-9-7-6-8-10-16)25-21(27)29-22(3,4)5/h6-10,13,15,18-19,23,26H,11-12,14H2,1-5H3,(H,25,27)/t18-,19-/m0/s1. The molecule has 0 unspecified atom stereocenters. The molecule has 160 valence electrons. The fourth-order valence-corrected chi connectivity index (χ4v) is 2.81. The molecule has 0 radical (unpaired) electrons. The average Bonchev–Trinajstić information content (AvgIpc) is 3.09. The second kappa shape index (κ2) is 10.4. The number of carbonyl (C=O) groups excluding carboxylic acids is 1. The third-order valence-electron chi connectivity index (χ3n) is 4.38. The lowest BCUT2D eigenvalue weighted by molar-refractivity contribution is 0.0495. The number of hydrogen-bond acceptors (Lipinski definition) is 6. The molecule has 2 rings (SSSR count). The number of amides is 1. The highest BCUT2D eigenvalue weighted by Crippen LogP contribution is 2.20. The molecule has 0 saturated heterocycles. The summed E-state index contributed by atoms with van der Waals surface area (Å²) in [5, 5.41) is 15.6. The molecule has 0 saturated carbocycles. The minimum absolute atomic E-state index is 0.0245. The first-order valence-corrected chi connectivity index (χ1v) is 10.00. The van der Waals surface area contributed by atoms with Crippen LogP contribution in [0.3, 0.4) is 0 Å². The summed E-state index contributed by atoms with van der Waals surface area (Å²) in [4.78, 5) is 16.7. The number of rotatable bonds is 9. The molecule has 1 heterocycles. The van der Waals surface area contributed by atoms with Crippen LogP contribution in [-0.2, 0) is 17.7 Å². The Bertz CT molecular complexity index is 753. The zero-order valence-corrected chi connectivity index (χ0v) is 17.9. The highest BCUT2D eigenvalue weighted by atomic mass is 16.6. The number of ether oxygens (including phenoxy) is 1.